The van der Waals surface area contributed by atoms with Crippen LogP contribution in [0.1, 0.15) is 17.3 Å². The molecule has 3 N–H and O–H groups in total. The number of anilines is 1. The van der Waals surface area contributed by atoms with Crippen molar-refractivity contribution < 1.29 is 9.59 Å². The Labute approximate surface area is 101 Å². The number of nitrogens with two attached hydrogens (primary N) is 1. The second kappa shape index (κ2) is 5.89. The number of carbonyl (C=O) groups excluding carboxylic acids is 2. The first-order chi connectivity index (χ1) is 8.04. The van der Waals surface area contributed by atoms with Gasteiger partial charge in [0.05, 0.1) is 6.54 Å². The molecule has 0 unspecified atom stereocenters. The van der Waals surface area contributed by atoms with Gasteiger partial charge in [0.2, 0.25) is 11.8 Å². The van der Waals surface area contributed by atoms with Gasteiger partial charge in [0, 0.05) is 24.8 Å². The normalized spacial score (nSPS) is 9.76. The summed E-state index contributed by atoms with van der Waals surface area (Å²) >= 11 is 0. The first kappa shape index (κ1) is 13.0. The van der Waals surface area contributed by atoms with Gasteiger partial charge in [-0.05, 0) is 25.1 Å². The highest BCUT2D eigenvalue weighted by molar-refractivity contribution is 5.93. The molecule has 0 heterocycles. The van der Waals surface area contributed by atoms with Crippen molar-refractivity contribution in [3.63, 3.8) is 0 Å². The van der Waals surface area contributed by atoms with Crippen LogP contribution in [0.2, 0.25) is 0 Å². The van der Waals surface area contributed by atoms with E-state index in [4.69, 9.17) is 5.73 Å². The predicted molar refractivity (Wildman–Crippen MR) is 66.8 cm³/mol. The molecule has 0 radical (unpaired) electrons. The van der Waals surface area contributed by atoms with Crippen LogP contribution in [-0.2, 0) is 4.79 Å². The maximum atomic E-state index is 11.5. The number of carbonyl (C=O) groups is 2. The quantitative estimate of drug-likeness (QED) is 0.787. The van der Waals surface area contributed by atoms with Gasteiger partial charge in [0.15, 0.2) is 0 Å². The van der Waals surface area contributed by atoms with Gasteiger partial charge in [0.25, 0.3) is 0 Å². The van der Waals surface area contributed by atoms with E-state index >= 15 is 0 Å². The smallest absolute Gasteiger partial charge is 0.248 e. The first-order valence-corrected chi connectivity index (χ1v) is 5.42. The molecule has 5 heteroatoms. The van der Waals surface area contributed by atoms with E-state index in [-0.39, 0.29) is 12.5 Å². The summed E-state index contributed by atoms with van der Waals surface area (Å²) in [7, 11) is 1.74. The molecule has 1 aromatic carbocycles. The van der Waals surface area contributed by atoms with Crippen molar-refractivity contribution in [3.8, 4) is 0 Å². The van der Waals surface area contributed by atoms with Crippen LogP contribution in [0.3, 0.4) is 0 Å². The summed E-state index contributed by atoms with van der Waals surface area (Å²) in [5.74, 6) is -0.484. The molecule has 17 heavy (non-hydrogen) atoms. The third-order valence-electron chi connectivity index (χ3n) is 2.49. The Hall–Kier alpha value is -2.04. The Morgan fingerprint density at radius 2 is 2.12 bits per heavy atom. The molecule has 1 rings (SSSR count). The molecule has 5 nitrogen and oxygen atoms in total. The summed E-state index contributed by atoms with van der Waals surface area (Å²) in [6.07, 6.45) is 0. The van der Waals surface area contributed by atoms with Crippen LogP contribution in [0, 0.1) is 0 Å². The molecule has 0 spiro atoms. The lowest BCUT2D eigenvalue weighted by molar-refractivity contribution is -0.127. The van der Waals surface area contributed by atoms with E-state index in [0.29, 0.717) is 17.8 Å². The third kappa shape index (κ3) is 3.79. The minimum atomic E-state index is -0.481. The van der Waals surface area contributed by atoms with Crippen molar-refractivity contribution >= 4 is 17.5 Å². The predicted octanol–water partition coefficient (Wildman–Crippen LogP) is 0.676. The van der Waals surface area contributed by atoms with Crippen LogP contribution in [0.15, 0.2) is 24.3 Å². The van der Waals surface area contributed by atoms with Crippen LogP contribution in [0.4, 0.5) is 5.69 Å². The molecule has 0 fully saturated rings. The molecule has 0 aromatic heterocycles. The fourth-order valence-corrected chi connectivity index (χ4v) is 1.27. The Bertz CT molecular complexity index is 418. The van der Waals surface area contributed by atoms with Gasteiger partial charge in [0.1, 0.15) is 0 Å². The molecule has 0 saturated carbocycles. The summed E-state index contributed by atoms with van der Waals surface area (Å²) in [5, 5.41) is 2.96. The van der Waals surface area contributed by atoms with E-state index in [9.17, 15) is 9.59 Å². The summed E-state index contributed by atoms with van der Waals surface area (Å²) in [5.41, 5.74) is 6.30. The van der Waals surface area contributed by atoms with E-state index < -0.39 is 5.91 Å². The molecular weight excluding hydrogens is 218 g/mol. The lowest BCUT2D eigenvalue weighted by atomic mass is 10.2. The molecule has 0 aliphatic rings. The van der Waals surface area contributed by atoms with E-state index in [1.54, 1.807) is 36.2 Å². The Morgan fingerprint density at radius 3 is 2.71 bits per heavy atom. The number of hydrogen-bond acceptors (Lipinski definition) is 3. The number of primary amides is 1. The fraction of sp³-hybridized carbons (Fsp3) is 0.333. The number of likely N-dealkylation sites (N-methyl/N-ethyl adjacent to an activating group) is 1. The Balaban J connectivity index is 2.60. The van der Waals surface area contributed by atoms with Crippen molar-refractivity contribution in [2.45, 2.75) is 6.92 Å². The van der Waals surface area contributed by atoms with Crippen LogP contribution >= 0.6 is 0 Å². The van der Waals surface area contributed by atoms with Crippen molar-refractivity contribution in [1.29, 1.82) is 0 Å². The molecule has 92 valence electrons. The standard InChI is InChI=1S/C12H17N3O2/c1-3-15(2)11(16)8-14-10-6-4-5-9(7-10)12(13)17/h4-7,14H,3,8H2,1-2H3,(H2,13,17). The maximum Gasteiger partial charge on any atom is 0.248 e. The van der Waals surface area contributed by atoms with Crippen LogP contribution < -0.4 is 11.1 Å². The van der Waals surface area contributed by atoms with Gasteiger partial charge in [-0.2, -0.15) is 0 Å². The van der Waals surface area contributed by atoms with E-state index in [0.717, 1.165) is 0 Å². The zero-order valence-corrected chi connectivity index (χ0v) is 10.1. The number of hydrogen-bond donors (Lipinski definition) is 2. The lowest BCUT2D eigenvalue weighted by Crippen LogP contribution is -2.31. The summed E-state index contributed by atoms with van der Waals surface area (Å²) in [6, 6.07) is 6.76. The van der Waals surface area contributed by atoms with E-state index in [1.807, 2.05) is 6.92 Å². The molecule has 0 atom stereocenters. The Kier molecular flexibility index (Phi) is 4.51. The number of nitrogens with one attached hydrogen (secondary N) is 1. The van der Waals surface area contributed by atoms with Crippen LogP contribution in [-0.4, -0.2) is 36.9 Å². The largest absolute Gasteiger partial charge is 0.376 e. The summed E-state index contributed by atoms with van der Waals surface area (Å²) < 4.78 is 0. The highest BCUT2D eigenvalue weighted by atomic mass is 16.2. The minimum Gasteiger partial charge on any atom is -0.376 e. The average Bonchev–Trinajstić information content (AvgIpc) is 2.35. The topological polar surface area (TPSA) is 75.4 Å². The van der Waals surface area contributed by atoms with Gasteiger partial charge in [-0.3, -0.25) is 9.59 Å². The summed E-state index contributed by atoms with van der Waals surface area (Å²) in [6.45, 7) is 2.78. The fourth-order valence-electron chi connectivity index (χ4n) is 1.27. The zero-order chi connectivity index (χ0) is 12.8. The average molecular weight is 235 g/mol. The molecule has 0 aliphatic carbocycles. The van der Waals surface area contributed by atoms with E-state index in [1.165, 1.54) is 0 Å². The first-order valence-electron chi connectivity index (χ1n) is 5.42. The minimum absolute atomic E-state index is 0.00280. The van der Waals surface area contributed by atoms with Crippen molar-refractivity contribution in [3.05, 3.63) is 29.8 Å². The van der Waals surface area contributed by atoms with Crippen molar-refractivity contribution in [1.82, 2.24) is 4.90 Å². The number of nitrogens with zero attached hydrogens (tertiary/aromatic N) is 1. The van der Waals surface area contributed by atoms with Gasteiger partial charge in [-0.15, -0.1) is 0 Å². The van der Waals surface area contributed by atoms with Crippen LogP contribution in [0.25, 0.3) is 0 Å². The highest BCUT2D eigenvalue weighted by Gasteiger charge is 2.06. The lowest BCUT2D eigenvalue weighted by Gasteiger charge is -2.15. The zero-order valence-electron chi connectivity index (χ0n) is 10.1. The molecule has 2 amide bonds. The second-order valence-corrected chi connectivity index (χ2v) is 3.71. The van der Waals surface area contributed by atoms with Gasteiger partial charge in [-0.1, -0.05) is 6.07 Å². The molecule has 0 saturated heterocycles. The molecule has 0 aliphatic heterocycles. The van der Waals surface area contributed by atoms with Gasteiger partial charge in [-0.25, -0.2) is 0 Å². The SMILES string of the molecule is CCN(C)C(=O)CNc1cccc(C(N)=O)c1. The van der Waals surface area contributed by atoms with Crippen molar-refractivity contribution in [2.24, 2.45) is 5.73 Å². The second-order valence-electron chi connectivity index (χ2n) is 3.71. The van der Waals surface area contributed by atoms with Gasteiger partial charge >= 0.3 is 0 Å². The number of benzene rings is 1. The molecule has 0 bridgehead atoms. The summed E-state index contributed by atoms with van der Waals surface area (Å²) in [4.78, 5) is 24.1. The van der Waals surface area contributed by atoms with Crippen molar-refractivity contribution in [2.75, 3.05) is 25.5 Å². The third-order valence-corrected chi connectivity index (χ3v) is 2.49. The maximum absolute atomic E-state index is 11.5. The highest BCUT2D eigenvalue weighted by Crippen LogP contribution is 2.09. The monoisotopic (exact) mass is 235 g/mol. The van der Waals surface area contributed by atoms with Gasteiger partial charge < -0.3 is 16.0 Å². The molecule has 1 aromatic rings. The van der Waals surface area contributed by atoms with Crippen LogP contribution in [0.5, 0.6) is 0 Å². The number of amides is 2. The number of rotatable bonds is 5. The van der Waals surface area contributed by atoms with E-state index in [2.05, 4.69) is 5.32 Å². The molecular formula is C12H17N3O2. The Morgan fingerprint density at radius 1 is 1.41 bits per heavy atom.